The number of ether oxygens (including phenoxy) is 2. The Morgan fingerprint density at radius 3 is 2.33 bits per heavy atom. The first-order chi connectivity index (χ1) is 17.5. The Morgan fingerprint density at radius 2 is 1.72 bits per heavy atom. The van der Waals surface area contributed by atoms with Crippen LogP contribution in [0, 0.1) is 29.4 Å². The van der Waals surface area contributed by atoms with Gasteiger partial charge in [-0.05, 0) is 56.8 Å². The summed E-state index contributed by atoms with van der Waals surface area (Å²) in [5.74, 6) is 1.96. The van der Waals surface area contributed by atoms with Crippen molar-refractivity contribution in [2.45, 2.75) is 45.4 Å². The topological polar surface area (TPSA) is 67.8 Å². The summed E-state index contributed by atoms with van der Waals surface area (Å²) in [6, 6.07) is 2.40. The highest BCUT2D eigenvalue weighted by Gasteiger charge is 2.43. The van der Waals surface area contributed by atoms with Crippen molar-refractivity contribution >= 4 is 11.9 Å². The van der Waals surface area contributed by atoms with Crippen LogP contribution in [0.15, 0.2) is 24.5 Å². The molecule has 5 rings (SSSR count). The minimum absolute atomic E-state index is 0.177. The van der Waals surface area contributed by atoms with Gasteiger partial charge < -0.3 is 19.3 Å². The molecule has 194 valence electrons. The number of rotatable bonds is 10. The number of nitrogens with zero attached hydrogens (tertiary/aromatic N) is 4. The first-order valence-corrected chi connectivity index (χ1v) is 13.1. The van der Waals surface area contributed by atoms with E-state index < -0.39 is 11.6 Å². The molecule has 2 unspecified atom stereocenters. The van der Waals surface area contributed by atoms with E-state index in [2.05, 4.69) is 14.9 Å². The lowest BCUT2D eigenvalue weighted by molar-refractivity contribution is -0.133. The molecule has 3 fully saturated rings. The quantitative estimate of drug-likeness (QED) is 0.486. The van der Waals surface area contributed by atoms with E-state index >= 15 is 0 Å². The lowest BCUT2D eigenvalue weighted by Gasteiger charge is -2.32. The van der Waals surface area contributed by atoms with Crippen LogP contribution in [0.4, 0.5) is 14.7 Å². The highest BCUT2D eigenvalue weighted by atomic mass is 19.1. The summed E-state index contributed by atoms with van der Waals surface area (Å²) < 4.78 is 40.0. The van der Waals surface area contributed by atoms with Gasteiger partial charge in [0.15, 0.2) is 5.75 Å². The number of carbonyl (C=O) groups is 1. The van der Waals surface area contributed by atoms with Crippen molar-refractivity contribution in [3.63, 3.8) is 0 Å². The van der Waals surface area contributed by atoms with Gasteiger partial charge in [0.25, 0.3) is 0 Å². The highest BCUT2D eigenvalue weighted by molar-refractivity contribution is 5.79. The fourth-order valence-corrected chi connectivity index (χ4v) is 5.41. The van der Waals surface area contributed by atoms with Crippen molar-refractivity contribution in [2.24, 2.45) is 17.8 Å². The molecule has 1 saturated carbocycles. The molecule has 0 N–H and O–H groups in total. The fourth-order valence-electron chi connectivity index (χ4n) is 5.41. The van der Waals surface area contributed by atoms with Crippen LogP contribution in [0.25, 0.3) is 0 Å². The minimum Gasteiger partial charge on any atom is -0.493 e. The summed E-state index contributed by atoms with van der Waals surface area (Å²) >= 11 is 0. The number of hydrogen-bond donors (Lipinski definition) is 0. The zero-order valence-electron chi connectivity index (χ0n) is 20.8. The third kappa shape index (κ3) is 5.71. The maximum absolute atomic E-state index is 14.5. The van der Waals surface area contributed by atoms with E-state index in [1.165, 1.54) is 18.6 Å². The Kier molecular flexibility index (Phi) is 7.53. The normalized spacial score (nSPS) is 21.8. The van der Waals surface area contributed by atoms with Crippen LogP contribution in [0.3, 0.4) is 0 Å². The van der Waals surface area contributed by atoms with Crippen molar-refractivity contribution in [3.8, 4) is 11.5 Å². The lowest BCUT2D eigenvalue weighted by Crippen LogP contribution is -2.43. The SMILES string of the molecule is CCOc1cnc(N2CCC(C3CC3CCOc3cc(F)c(CC(=O)N4CCC4)c(F)c3)CC2)nc1. The minimum atomic E-state index is -0.716. The fraction of sp³-hybridized carbons (Fsp3) is 0.593. The molecule has 0 radical (unpaired) electrons. The van der Waals surface area contributed by atoms with Gasteiger partial charge >= 0.3 is 0 Å². The van der Waals surface area contributed by atoms with Gasteiger partial charge in [-0.3, -0.25) is 4.79 Å². The Labute approximate surface area is 210 Å². The van der Waals surface area contributed by atoms with Gasteiger partial charge in [-0.1, -0.05) is 0 Å². The highest BCUT2D eigenvalue weighted by Crippen LogP contribution is 2.49. The van der Waals surface area contributed by atoms with Crippen LogP contribution in [0.5, 0.6) is 11.5 Å². The maximum atomic E-state index is 14.5. The molecule has 9 heteroatoms. The van der Waals surface area contributed by atoms with Crippen molar-refractivity contribution in [1.82, 2.24) is 14.9 Å². The molecule has 2 aromatic rings. The zero-order valence-corrected chi connectivity index (χ0v) is 20.8. The summed E-state index contributed by atoms with van der Waals surface area (Å²) in [5.41, 5.74) is -0.177. The molecule has 1 aliphatic carbocycles. The summed E-state index contributed by atoms with van der Waals surface area (Å²) in [4.78, 5) is 24.8. The van der Waals surface area contributed by atoms with Crippen LogP contribution >= 0.6 is 0 Å². The van der Waals surface area contributed by atoms with Crippen LogP contribution in [0.1, 0.15) is 44.6 Å². The Bertz CT molecular complexity index is 1030. The van der Waals surface area contributed by atoms with Gasteiger partial charge in [-0.15, -0.1) is 0 Å². The second kappa shape index (κ2) is 11.0. The number of likely N-dealkylation sites (tertiary alicyclic amines) is 1. The number of hydrogen-bond acceptors (Lipinski definition) is 6. The summed E-state index contributed by atoms with van der Waals surface area (Å²) in [6.45, 7) is 6.21. The van der Waals surface area contributed by atoms with E-state index in [9.17, 15) is 13.6 Å². The predicted molar refractivity (Wildman–Crippen MR) is 131 cm³/mol. The van der Waals surface area contributed by atoms with Crippen molar-refractivity contribution < 1.29 is 23.0 Å². The van der Waals surface area contributed by atoms with Gasteiger partial charge in [0.1, 0.15) is 17.4 Å². The zero-order chi connectivity index (χ0) is 25.1. The molecule has 36 heavy (non-hydrogen) atoms. The number of carbonyl (C=O) groups excluding carboxylic acids is 1. The molecule has 2 saturated heterocycles. The van der Waals surface area contributed by atoms with Gasteiger partial charge in [-0.2, -0.15) is 0 Å². The van der Waals surface area contributed by atoms with E-state index in [0.717, 1.165) is 44.7 Å². The summed E-state index contributed by atoms with van der Waals surface area (Å²) in [6.07, 6.45) is 8.47. The number of halogens is 2. The van der Waals surface area contributed by atoms with E-state index in [1.807, 2.05) is 6.92 Å². The van der Waals surface area contributed by atoms with Gasteiger partial charge in [0, 0.05) is 43.9 Å². The van der Waals surface area contributed by atoms with Crippen molar-refractivity contribution in [1.29, 1.82) is 0 Å². The molecule has 3 aliphatic rings. The van der Waals surface area contributed by atoms with Gasteiger partial charge in [0.05, 0.1) is 32.0 Å². The average Bonchev–Trinajstić information content (AvgIpc) is 3.61. The summed E-state index contributed by atoms with van der Waals surface area (Å²) in [7, 11) is 0. The maximum Gasteiger partial charge on any atom is 0.227 e. The van der Waals surface area contributed by atoms with E-state index in [4.69, 9.17) is 9.47 Å². The standard InChI is InChI=1S/C27H34F2N4O3/c1-2-35-21-16-30-27(31-17-21)33-9-4-18(5-10-33)22-12-19(22)6-11-36-20-13-24(28)23(25(29)14-20)15-26(34)32-7-3-8-32/h13-14,16-19,22H,2-12,15H2,1H3. The van der Waals surface area contributed by atoms with Gasteiger partial charge in [-0.25, -0.2) is 18.7 Å². The predicted octanol–water partition coefficient (Wildman–Crippen LogP) is 4.25. The first kappa shape index (κ1) is 24.7. The Balaban J connectivity index is 1.03. The number of anilines is 1. The molecule has 2 aliphatic heterocycles. The monoisotopic (exact) mass is 500 g/mol. The Hall–Kier alpha value is -2.97. The number of piperidine rings is 1. The van der Waals surface area contributed by atoms with Crippen LogP contribution in [-0.2, 0) is 11.2 Å². The largest absolute Gasteiger partial charge is 0.493 e. The molecular formula is C27H34F2N4O3. The Morgan fingerprint density at radius 1 is 1.03 bits per heavy atom. The third-order valence-electron chi connectivity index (χ3n) is 7.74. The van der Waals surface area contributed by atoms with Crippen molar-refractivity contribution in [3.05, 3.63) is 41.7 Å². The molecule has 0 spiro atoms. The molecule has 3 heterocycles. The smallest absolute Gasteiger partial charge is 0.227 e. The third-order valence-corrected chi connectivity index (χ3v) is 7.74. The molecule has 1 aromatic heterocycles. The van der Waals surface area contributed by atoms with Crippen LogP contribution < -0.4 is 14.4 Å². The lowest BCUT2D eigenvalue weighted by atomic mass is 9.90. The average molecular weight is 501 g/mol. The van der Waals surface area contributed by atoms with Gasteiger partial charge in [0.2, 0.25) is 11.9 Å². The van der Waals surface area contributed by atoms with E-state index in [0.29, 0.717) is 49.8 Å². The molecule has 1 aromatic carbocycles. The molecule has 7 nitrogen and oxygen atoms in total. The molecule has 0 bridgehead atoms. The number of benzene rings is 1. The second-order valence-electron chi connectivity index (χ2n) is 10.0. The van der Waals surface area contributed by atoms with Crippen molar-refractivity contribution in [2.75, 3.05) is 44.3 Å². The second-order valence-corrected chi connectivity index (χ2v) is 10.0. The summed E-state index contributed by atoms with van der Waals surface area (Å²) in [5, 5.41) is 0. The molecule has 1 amide bonds. The van der Waals surface area contributed by atoms with E-state index in [-0.39, 0.29) is 23.6 Å². The molecule has 2 atom stereocenters. The molecular weight excluding hydrogens is 466 g/mol. The first-order valence-electron chi connectivity index (χ1n) is 13.1. The number of amides is 1. The number of aromatic nitrogens is 2. The van der Waals surface area contributed by atoms with Crippen LogP contribution in [-0.4, -0.2) is 60.2 Å². The van der Waals surface area contributed by atoms with Crippen LogP contribution in [0.2, 0.25) is 0 Å². The van der Waals surface area contributed by atoms with E-state index in [1.54, 1.807) is 17.3 Å².